The van der Waals surface area contributed by atoms with E-state index in [2.05, 4.69) is 10.1 Å². The molecule has 2 aromatic rings. The predicted octanol–water partition coefficient (Wildman–Crippen LogP) is 1.98. The maximum Gasteiger partial charge on any atom is 0.242 e. The monoisotopic (exact) mass is 396 g/mol. The Balaban J connectivity index is 1.37. The van der Waals surface area contributed by atoms with Crippen LogP contribution < -0.4 is 0 Å². The Kier molecular flexibility index (Phi) is 5.42. The average Bonchev–Trinajstić information content (AvgIpc) is 3.30. The minimum absolute atomic E-state index is 0.150. The number of benzene rings is 1. The first-order chi connectivity index (χ1) is 14.0. The van der Waals surface area contributed by atoms with Crippen LogP contribution >= 0.6 is 0 Å². The summed E-state index contributed by atoms with van der Waals surface area (Å²) < 4.78 is 5.45. The second-order valence-corrected chi connectivity index (χ2v) is 7.75. The molecule has 0 radical (unpaired) electrons. The Hall–Kier alpha value is -3.03. The molecule has 8 heteroatoms. The summed E-state index contributed by atoms with van der Waals surface area (Å²) in [5.41, 5.74) is 2.03. The molecule has 4 rings (SSSR count). The van der Waals surface area contributed by atoms with Crippen molar-refractivity contribution >= 4 is 17.7 Å². The van der Waals surface area contributed by atoms with Gasteiger partial charge in [-0.25, -0.2) is 0 Å². The molecule has 0 unspecified atom stereocenters. The number of aromatic nitrogens is 2. The summed E-state index contributed by atoms with van der Waals surface area (Å²) in [6.07, 6.45) is 2.85. The first-order valence-corrected chi connectivity index (χ1v) is 10.0. The summed E-state index contributed by atoms with van der Waals surface area (Å²) >= 11 is 0. The van der Waals surface area contributed by atoms with E-state index in [0.717, 1.165) is 28.9 Å². The second kappa shape index (κ2) is 8.14. The average molecular weight is 396 g/mol. The van der Waals surface area contributed by atoms with Gasteiger partial charge < -0.3 is 9.42 Å². The van der Waals surface area contributed by atoms with Crippen LogP contribution in [-0.2, 0) is 20.8 Å². The van der Waals surface area contributed by atoms with E-state index in [1.165, 1.54) is 0 Å². The lowest BCUT2D eigenvalue weighted by atomic mass is 9.94. The fraction of sp³-hybridized carbons (Fsp3) is 0.476. The van der Waals surface area contributed by atoms with Gasteiger partial charge in [-0.1, -0.05) is 29.4 Å². The Bertz CT molecular complexity index is 922. The van der Waals surface area contributed by atoms with E-state index in [4.69, 9.17) is 4.52 Å². The lowest BCUT2D eigenvalue weighted by Crippen LogP contribution is -2.46. The summed E-state index contributed by atoms with van der Waals surface area (Å²) in [5.74, 6) is 0.658. The minimum atomic E-state index is -0.258. The first kappa shape index (κ1) is 19.3. The molecule has 2 aliphatic heterocycles. The number of imide groups is 1. The Labute approximate surface area is 168 Å². The number of carbonyl (C=O) groups excluding carboxylic acids is 3. The molecule has 3 heterocycles. The number of aryl methyl sites for hydroxylation is 1. The number of carbonyl (C=O) groups is 3. The summed E-state index contributed by atoms with van der Waals surface area (Å²) in [4.78, 5) is 43.5. The quantitative estimate of drug-likeness (QED) is 0.717. The van der Waals surface area contributed by atoms with E-state index < -0.39 is 0 Å². The number of likely N-dealkylation sites (tertiary alicyclic amines) is 2. The van der Waals surface area contributed by atoms with Gasteiger partial charge in [-0.3, -0.25) is 19.3 Å². The summed E-state index contributed by atoms with van der Waals surface area (Å²) in [5, 5.41) is 4.10. The number of hydrogen-bond acceptors (Lipinski definition) is 6. The lowest BCUT2D eigenvalue weighted by Gasteiger charge is -2.33. The van der Waals surface area contributed by atoms with Gasteiger partial charge in [0, 0.05) is 37.9 Å². The second-order valence-electron chi connectivity index (χ2n) is 7.75. The van der Waals surface area contributed by atoms with Crippen molar-refractivity contribution in [1.29, 1.82) is 0 Å². The molecule has 1 aromatic carbocycles. The third-order valence-electron chi connectivity index (χ3n) is 5.64. The van der Waals surface area contributed by atoms with E-state index in [1.54, 1.807) is 4.90 Å². The normalized spacial score (nSPS) is 19.8. The van der Waals surface area contributed by atoms with E-state index in [-0.39, 0.29) is 43.0 Å². The van der Waals surface area contributed by atoms with Gasteiger partial charge in [0.15, 0.2) is 0 Å². The van der Waals surface area contributed by atoms with Crippen LogP contribution in [0.3, 0.4) is 0 Å². The van der Waals surface area contributed by atoms with Gasteiger partial charge in [-0.15, -0.1) is 0 Å². The van der Waals surface area contributed by atoms with Crippen molar-refractivity contribution in [1.82, 2.24) is 19.9 Å². The van der Waals surface area contributed by atoms with Crippen molar-refractivity contribution in [3.63, 3.8) is 0 Å². The molecule has 29 heavy (non-hydrogen) atoms. The fourth-order valence-electron chi connectivity index (χ4n) is 4.01. The zero-order valence-corrected chi connectivity index (χ0v) is 16.5. The van der Waals surface area contributed by atoms with Crippen LogP contribution in [0.1, 0.15) is 37.1 Å². The van der Waals surface area contributed by atoms with Crippen LogP contribution in [0.4, 0.5) is 0 Å². The van der Waals surface area contributed by atoms with Gasteiger partial charge >= 0.3 is 0 Å². The Morgan fingerprint density at radius 1 is 1.21 bits per heavy atom. The molecular formula is C21H24N4O4. The van der Waals surface area contributed by atoms with Crippen LogP contribution in [0.2, 0.25) is 0 Å². The maximum atomic E-state index is 12.6. The molecule has 2 saturated heterocycles. The number of piperidine rings is 1. The van der Waals surface area contributed by atoms with E-state index in [0.29, 0.717) is 31.2 Å². The minimum Gasteiger partial charge on any atom is -0.341 e. The van der Waals surface area contributed by atoms with Gasteiger partial charge in [-0.2, -0.15) is 4.98 Å². The molecule has 3 amide bonds. The number of hydrogen-bond donors (Lipinski definition) is 0. The van der Waals surface area contributed by atoms with Crippen molar-refractivity contribution in [3.8, 4) is 11.4 Å². The molecule has 152 valence electrons. The highest BCUT2D eigenvalue weighted by molar-refractivity contribution is 6.04. The predicted molar refractivity (Wildman–Crippen MR) is 103 cm³/mol. The van der Waals surface area contributed by atoms with Gasteiger partial charge in [0.25, 0.3) is 0 Å². The van der Waals surface area contributed by atoms with Crippen molar-refractivity contribution < 1.29 is 18.9 Å². The zero-order chi connectivity index (χ0) is 20.4. The van der Waals surface area contributed by atoms with E-state index in [1.807, 2.05) is 31.2 Å². The Morgan fingerprint density at radius 3 is 2.72 bits per heavy atom. The summed E-state index contributed by atoms with van der Waals surface area (Å²) in [6.45, 7) is 3.06. The van der Waals surface area contributed by atoms with Gasteiger partial charge in [-0.05, 0) is 31.2 Å². The Morgan fingerprint density at radius 2 is 1.97 bits per heavy atom. The fourth-order valence-corrected chi connectivity index (χ4v) is 4.01. The van der Waals surface area contributed by atoms with Crippen LogP contribution in [0, 0.1) is 12.8 Å². The van der Waals surface area contributed by atoms with Crippen LogP contribution in [0.5, 0.6) is 0 Å². The van der Waals surface area contributed by atoms with Crippen molar-refractivity contribution in [2.24, 2.45) is 5.92 Å². The van der Waals surface area contributed by atoms with E-state index >= 15 is 0 Å². The molecule has 2 fully saturated rings. The molecule has 0 N–H and O–H groups in total. The van der Waals surface area contributed by atoms with Crippen molar-refractivity contribution in [2.75, 3.05) is 19.6 Å². The molecular weight excluding hydrogens is 372 g/mol. The molecule has 2 aliphatic rings. The summed E-state index contributed by atoms with van der Waals surface area (Å²) in [6, 6.07) is 7.88. The topological polar surface area (TPSA) is 96.6 Å². The molecule has 0 aliphatic carbocycles. The number of amides is 3. The highest BCUT2D eigenvalue weighted by Crippen LogP contribution is 2.24. The highest BCUT2D eigenvalue weighted by Gasteiger charge is 2.33. The maximum absolute atomic E-state index is 12.6. The van der Waals surface area contributed by atoms with Gasteiger partial charge in [0.05, 0.1) is 0 Å². The van der Waals surface area contributed by atoms with Gasteiger partial charge in [0.2, 0.25) is 29.4 Å². The van der Waals surface area contributed by atoms with Crippen molar-refractivity contribution in [2.45, 2.75) is 39.0 Å². The molecule has 0 saturated carbocycles. The van der Waals surface area contributed by atoms with Crippen LogP contribution in [0.25, 0.3) is 11.4 Å². The molecule has 1 aromatic heterocycles. The largest absolute Gasteiger partial charge is 0.341 e. The standard InChI is InChI=1S/C21H24N4O4/c1-14-5-2-3-7-16(14)21-22-17(29-23-21)11-15-6-4-10-24(12-15)20(28)13-25-18(26)8-9-19(25)27/h2-3,5,7,15H,4,6,8-13H2,1H3/t15-/m1/s1. The smallest absolute Gasteiger partial charge is 0.242 e. The molecule has 0 bridgehead atoms. The third kappa shape index (κ3) is 4.21. The number of nitrogens with zero attached hydrogens (tertiary/aromatic N) is 4. The zero-order valence-electron chi connectivity index (χ0n) is 16.5. The third-order valence-corrected chi connectivity index (χ3v) is 5.64. The molecule has 1 atom stereocenters. The highest BCUT2D eigenvalue weighted by atomic mass is 16.5. The van der Waals surface area contributed by atoms with E-state index in [9.17, 15) is 14.4 Å². The molecule has 8 nitrogen and oxygen atoms in total. The molecule has 0 spiro atoms. The lowest BCUT2D eigenvalue weighted by molar-refractivity contribution is -0.146. The van der Waals surface area contributed by atoms with Crippen molar-refractivity contribution in [3.05, 3.63) is 35.7 Å². The van der Waals surface area contributed by atoms with Gasteiger partial charge in [0.1, 0.15) is 6.54 Å². The van der Waals surface area contributed by atoms with Crippen LogP contribution in [0.15, 0.2) is 28.8 Å². The first-order valence-electron chi connectivity index (χ1n) is 10.0. The van der Waals surface area contributed by atoms with Crippen LogP contribution in [-0.4, -0.2) is 57.3 Å². The SMILES string of the molecule is Cc1ccccc1-c1noc(C[C@H]2CCCN(C(=O)CN3C(=O)CCC3=O)C2)n1. The summed E-state index contributed by atoms with van der Waals surface area (Å²) in [7, 11) is 0. The number of rotatable bonds is 5.